The Kier molecular flexibility index (Phi) is 9.33. The van der Waals surface area contributed by atoms with Crippen molar-refractivity contribution in [3.63, 3.8) is 0 Å². The molecule has 1 fully saturated rings. The molecule has 1 aromatic heterocycles. The van der Waals surface area contributed by atoms with E-state index in [-0.39, 0.29) is 37.6 Å². The van der Waals surface area contributed by atoms with Crippen LogP contribution < -0.4 is 10.1 Å². The molecular formula is C21H23F5N2O4. The van der Waals surface area contributed by atoms with Crippen LogP contribution in [-0.2, 0) is 16.0 Å². The highest BCUT2D eigenvalue weighted by molar-refractivity contribution is 5.70. The van der Waals surface area contributed by atoms with E-state index in [9.17, 15) is 26.7 Å². The lowest BCUT2D eigenvalue weighted by Crippen LogP contribution is -2.27. The maximum absolute atomic E-state index is 13.7. The van der Waals surface area contributed by atoms with Gasteiger partial charge in [0.05, 0.1) is 13.2 Å². The summed E-state index contributed by atoms with van der Waals surface area (Å²) >= 11 is 0. The number of aliphatic hydroxyl groups is 1. The number of hydrogen-bond acceptors (Lipinski definition) is 5. The second-order valence-electron chi connectivity index (χ2n) is 6.78. The van der Waals surface area contributed by atoms with Crippen molar-refractivity contribution in [3.8, 4) is 5.75 Å². The summed E-state index contributed by atoms with van der Waals surface area (Å²) in [4.78, 5) is 14.1. The van der Waals surface area contributed by atoms with Crippen LogP contribution in [-0.4, -0.2) is 48.6 Å². The number of carbonyl (C=O) groups is 1. The number of nitrogens with zero attached hydrogens (tertiary/aromatic N) is 1. The van der Waals surface area contributed by atoms with Crippen LogP contribution in [0.4, 0.5) is 27.6 Å². The summed E-state index contributed by atoms with van der Waals surface area (Å²) in [6, 6.07) is 5.55. The summed E-state index contributed by atoms with van der Waals surface area (Å²) in [7, 11) is 0. The number of rotatable bonds is 7. The molecule has 0 radical (unpaired) electrons. The average molecular weight is 462 g/mol. The van der Waals surface area contributed by atoms with Gasteiger partial charge in [0, 0.05) is 42.1 Å². The Bertz CT molecular complexity index is 895. The fourth-order valence-electron chi connectivity index (χ4n) is 3.12. The lowest BCUT2D eigenvalue weighted by Gasteiger charge is -2.16. The van der Waals surface area contributed by atoms with E-state index >= 15 is 0 Å². The third-order valence-corrected chi connectivity index (χ3v) is 4.58. The molecule has 32 heavy (non-hydrogen) atoms. The van der Waals surface area contributed by atoms with Crippen LogP contribution in [0.15, 0.2) is 30.5 Å². The number of anilines is 1. The van der Waals surface area contributed by atoms with Crippen LogP contribution in [0.25, 0.3) is 0 Å². The van der Waals surface area contributed by atoms with E-state index in [1.807, 2.05) is 0 Å². The lowest BCUT2D eigenvalue weighted by atomic mass is 9.95. The highest BCUT2D eigenvalue weighted by atomic mass is 19.4. The number of hydrogen-bond donors (Lipinski definition) is 2. The first-order valence-corrected chi connectivity index (χ1v) is 9.76. The first-order valence-electron chi connectivity index (χ1n) is 9.76. The molecule has 0 aliphatic carbocycles. The summed E-state index contributed by atoms with van der Waals surface area (Å²) in [6.45, 7) is 1.54. The maximum Gasteiger partial charge on any atom is 0.414 e. The second-order valence-corrected chi connectivity index (χ2v) is 6.78. The first-order chi connectivity index (χ1) is 15.2. The van der Waals surface area contributed by atoms with E-state index in [0.29, 0.717) is 18.5 Å². The smallest absolute Gasteiger partial charge is 0.414 e. The molecule has 0 spiro atoms. The minimum atomic E-state index is -4.46. The summed E-state index contributed by atoms with van der Waals surface area (Å²) in [5.41, 5.74) is 1.67. The van der Waals surface area contributed by atoms with Gasteiger partial charge in [0.15, 0.2) is 17.7 Å². The van der Waals surface area contributed by atoms with Gasteiger partial charge in [-0.1, -0.05) is 6.07 Å². The van der Waals surface area contributed by atoms with Crippen molar-refractivity contribution in [1.29, 1.82) is 0 Å². The average Bonchev–Trinajstić information content (AvgIpc) is 3.24. The molecule has 2 heterocycles. The molecule has 6 nitrogen and oxygen atoms in total. The number of pyridine rings is 1. The molecular weight excluding hydrogens is 439 g/mol. The predicted octanol–water partition coefficient (Wildman–Crippen LogP) is 3.98. The highest BCUT2D eigenvalue weighted by Gasteiger charge is 2.46. The van der Waals surface area contributed by atoms with Crippen molar-refractivity contribution >= 4 is 12.1 Å². The van der Waals surface area contributed by atoms with Crippen LogP contribution in [0.3, 0.4) is 0 Å². The van der Waals surface area contributed by atoms with E-state index in [0.717, 1.165) is 11.8 Å². The number of aliphatic hydroxyl groups excluding tert-OH is 1. The van der Waals surface area contributed by atoms with Crippen LogP contribution in [0.1, 0.15) is 30.5 Å². The molecule has 1 saturated heterocycles. The number of amides is 1. The topological polar surface area (TPSA) is 80.7 Å². The SMILES string of the molecule is CCOc1c(C2COC(C(F)(F)F)C2)ccc(F)c1F.O=CNc1ccnc(CCO)c1. The molecule has 0 saturated carbocycles. The number of aromatic nitrogens is 1. The largest absolute Gasteiger partial charge is 0.490 e. The number of benzene rings is 1. The van der Waals surface area contributed by atoms with Crippen molar-refractivity contribution in [2.75, 3.05) is 25.1 Å². The van der Waals surface area contributed by atoms with E-state index in [1.54, 1.807) is 25.3 Å². The van der Waals surface area contributed by atoms with Gasteiger partial charge in [-0.15, -0.1) is 0 Å². The molecule has 3 rings (SSSR count). The molecule has 1 aliphatic rings. The Morgan fingerprint density at radius 2 is 2.06 bits per heavy atom. The van der Waals surface area contributed by atoms with E-state index < -0.39 is 29.8 Å². The zero-order valence-electron chi connectivity index (χ0n) is 17.2. The van der Waals surface area contributed by atoms with Crippen molar-refractivity contribution in [2.24, 2.45) is 0 Å². The Hall–Kier alpha value is -2.79. The molecule has 11 heteroatoms. The number of nitrogens with one attached hydrogen (secondary N) is 1. The monoisotopic (exact) mass is 462 g/mol. The molecule has 2 aromatic rings. The molecule has 176 valence electrons. The van der Waals surface area contributed by atoms with Crippen molar-refractivity contribution < 1.29 is 41.3 Å². The summed E-state index contributed by atoms with van der Waals surface area (Å²) in [5.74, 6) is -3.27. The van der Waals surface area contributed by atoms with Crippen LogP contribution in [0.5, 0.6) is 5.75 Å². The van der Waals surface area contributed by atoms with Crippen molar-refractivity contribution in [2.45, 2.75) is 38.0 Å². The molecule has 1 aliphatic heterocycles. The van der Waals surface area contributed by atoms with Gasteiger partial charge in [0.25, 0.3) is 0 Å². The molecule has 1 amide bonds. The molecule has 1 aromatic carbocycles. The number of carbonyl (C=O) groups excluding carboxylic acids is 1. The Morgan fingerprint density at radius 1 is 1.31 bits per heavy atom. The number of halogens is 5. The van der Waals surface area contributed by atoms with Crippen LogP contribution >= 0.6 is 0 Å². The zero-order valence-corrected chi connectivity index (χ0v) is 17.2. The standard InChI is InChI=1S/C13H13F5O2.C8H10N2O2/c1-2-19-12-8(3-4-9(14)11(12)15)7-5-10(20-6-7)13(16,17)18;11-4-2-8-5-7(10-6-12)1-3-9-8/h3-4,7,10H,2,5-6H2,1H3;1,3,5-6,11H,2,4H2,(H,9,10,12). The van der Waals surface area contributed by atoms with Gasteiger partial charge in [-0.3, -0.25) is 9.78 Å². The van der Waals surface area contributed by atoms with Gasteiger partial charge >= 0.3 is 6.18 Å². The maximum atomic E-state index is 13.7. The highest BCUT2D eigenvalue weighted by Crippen LogP contribution is 2.41. The van der Waals surface area contributed by atoms with Gasteiger partial charge in [-0.05, 0) is 31.5 Å². The summed E-state index contributed by atoms with van der Waals surface area (Å²) in [5, 5.41) is 11.1. The van der Waals surface area contributed by atoms with Gasteiger partial charge in [0.2, 0.25) is 12.2 Å². The second kappa shape index (κ2) is 11.7. The minimum absolute atomic E-state index is 0.0670. The summed E-state index contributed by atoms with van der Waals surface area (Å²) < 4.78 is 74.2. The van der Waals surface area contributed by atoms with Crippen molar-refractivity contribution in [1.82, 2.24) is 4.98 Å². The lowest BCUT2D eigenvalue weighted by molar-refractivity contribution is -0.206. The van der Waals surface area contributed by atoms with E-state index in [4.69, 9.17) is 14.6 Å². The molecule has 2 unspecified atom stereocenters. The van der Waals surface area contributed by atoms with Gasteiger partial charge < -0.3 is 19.9 Å². The predicted molar refractivity (Wildman–Crippen MR) is 105 cm³/mol. The third kappa shape index (κ3) is 6.86. The van der Waals surface area contributed by atoms with Gasteiger partial charge in [0.1, 0.15) is 0 Å². The number of ether oxygens (including phenoxy) is 2. The Balaban J connectivity index is 0.000000258. The van der Waals surface area contributed by atoms with E-state index in [2.05, 4.69) is 10.3 Å². The third-order valence-electron chi connectivity index (χ3n) is 4.58. The fourth-order valence-corrected chi connectivity index (χ4v) is 3.12. The number of alkyl halides is 3. The zero-order chi connectivity index (χ0) is 23.7. The first kappa shape index (κ1) is 25.5. The molecule has 2 N–H and O–H groups in total. The van der Waals surface area contributed by atoms with Gasteiger partial charge in [-0.25, -0.2) is 4.39 Å². The Labute approximate surface area is 181 Å². The summed E-state index contributed by atoms with van der Waals surface area (Å²) in [6.07, 6.45) is -3.95. The quantitative estimate of drug-likeness (QED) is 0.481. The fraction of sp³-hybridized carbons (Fsp3) is 0.429. The minimum Gasteiger partial charge on any atom is -0.490 e. The molecule has 2 atom stereocenters. The van der Waals surface area contributed by atoms with Crippen LogP contribution in [0.2, 0.25) is 0 Å². The normalized spacial score (nSPS) is 18.0. The molecule has 0 bridgehead atoms. The Morgan fingerprint density at radius 3 is 2.66 bits per heavy atom. The van der Waals surface area contributed by atoms with Crippen LogP contribution in [0, 0.1) is 11.6 Å². The van der Waals surface area contributed by atoms with E-state index in [1.165, 1.54) is 6.07 Å². The van der Waals surface area contributed by atoms with Gasteiger partial charge in [-0.2, -0.15) is 17.6 Å². The van der Waals surface area contributed by atoms with Crippen molar-refractivity contribution in [3.05, 3.63) is 53.4 Å².